The lowest BCUT2D eigenvalue weighted by Crippen LogP contribution is -2.46. The first kappa shape index (κ1) is 13.9. The summed E-state index contributed by atoms with van der Waals surface area (Å²) >= 11 is 0. The van der Waals surface area contributed by atoms with E-state index in [9.17, 15) is 4.79 Å². The molecule has 2 aliphatic heterocycles. The molecule has 0 bridgehead atoms. The molecule has 1 atom stereocenters. The highest BCUT2D eigenvalue weighted by atomic mass is 16.7. The first-order valence-electron chi connectivity index (χ1n) is 7.32. The molecular weight excluding hydrogens is 268 g/mol. The summed E-state index contributed by atoms with van der Waals surface area (Å²) in [5, 5.41) is 4.15. The summed E-state index contributed by atoms with van der Waals surface area (Å²) in [6, 6.07) is 7.66. The van der Waals surface area contributed by atoms with Crippen LogP contribution in [0.4, 0.5) is 0 Å². The van der Waals surface area contributed by atoms with E-state index in [0.29, 0.717) is 6.42 Å². The van der Waals surface area contributed by atoms with Crippen molar-refractivity contribution in [3.05, 3.63) is 29.8 Å². The number of carbonyl (C=O) groups is 1. The highest BCUT2D eigenvalue weighted by molar-refractivity contribution is 6.07. The van der Waals surface area contributed by atoms with E-state index in [2.05, 4.69) is 5.16 Å². The van der Waals surface area contributed by atoms with Crippen molar-refractivity contribution in [2.45, 2.75) is 31.8 Å². The molecule has 1 aromatic rings. The summed E-state index contributed by atoms with van der Waals surface area (Å²) in [6.07, 6.45) is 2.62. The number of hydrogen-bond donors (Lipinski definition) is 0. The number of rotatable bonds is 3. The summed E-state index contributed by atoms with van der Waals surface area (Å²) in [7, 11) is 1.63. The Morgan fingerprint density at radius 2 is 2.05 bits per heavy atom. The standard InChI is InChI=1S/C16H20N2O3/c1-16(15(19)18-9-5-6-10-18)11-13(17-21-16)12-7-3-4-8-14(12)20-2/h3-4,7-8H,5-6,9-11H2,1-2H3. The second-order valence-corrected chi connectivity index (χ2v) is 5.74. The van der Waals surface area contributed by atoms with Gasteiger partial charge in [0.05, 0.1) is 12.8 Å². The van der Waals surface area contributed by atoms with Crippen molar-refractivity contribution in [3.63, 3.8) is 0 Å². The lowest BCUT2D eigenvalue weighted by molar-refractivity contribution is -0.152. The second-order valence-electron chi connectivity index (χ2n) is 5.74. The van der Waals surface area contributed by atoms with Gasteiger partial charge in [-0.15, -0.1) is 0 Å². The van der Waals surface area contributed by atoms with E-state index in [0.717, 1.165) is 43.0 Å². The minimum Gasteiger partial charge on any atom is -0.496 e. The molecular formula is C16H20N2O3. The zero-order valence-electron chi connectivity index (χ0n) is 12.5. The predicted octanol–water partition coefficient (Wildman–Crippen LogP) is 2.20. The van der Waals surface area contributed by atoms with Crippen molar-refractivity contribution in [1.82, 2.24) is 4.90 Å². The van der Waals surface area contributed by atoms with Crippen LogP contribution in [0, 0.1) is 0 Å². The molecule has 0 saturated carbocycles. The maximum atomic E-state index is 12.6. The number of oxime groups is 1. The third-order valence-electron chi connectivity index (χ3n) is 4.13. The number of amides is 1. The van der Waals surface area contributed by atoms with E-state index in [1.165, 1.54) is 0 Å². The third kappa shape index (κ3) is 2.48. The van der Waals surface area contributed by atoms with Crippen molar-refractivity contribution < 1.29 is 14.4 Å². The molecule has 0 radical (unpaired) electrons. The minimum atomic E-state index is -0.888. The maximum absolute atomic E-state index is 12.6. The molecule has 5 heteroatoms. The Morgan fingerprint density at radius 1 is 1.33 bits per heavy atom. The van der Waals surface area contributed by atoms with Crippen molar-refractivity contribution in [3.8, 4) is 5.75 Å². The van der Waals surface area contributed by atoms with Crippen LogP contribution in [0.2, 0.25) is 0 Å². The molecule has 0 aromatic heterocycles. The van der Waals surface area contributed by atoms with Crippen LogP contribution in [-0.2, 0) is 9.63 Å². The first-order valence-corrected chi connectivity index (χ1v) is 7.32. The fraction of sp³-hybridized carbons (Fsp3) is 0.500. The van der Waals surface area contributed by atoms with E-state index < -0.39 is 5.60 Å². The average molecular weight is 288 g/mol. The molecule has 3 rings (SSSR count). The van der Waals surface area contributed by atoms with Gasteiger partial charge in [0, 0.05) is 25.1 Å². The van der Waals surface area contributed by atoms with Crippen molar-refractivity contribution >= 4 is 11.6 Å². The van der Waals surface area contributed by atoms with Gasteiger partial charge in [-0.25, -0.2) is 0 Å². The van der Waals surface area contributed by atoms with Crippen LogP contribution >= 0.6 is 0 Å². The Labute approximate surface area is 124 Å². The summed E-state index contributed by atoms with van der Waals surface area (Å²) in [6.45, 7) is 3.46. The summed E-state index contributed by atoms with van der Waals surface area (Å²) in [5.74, 6) is 0.784. The Morgan fingerprint density at radius 3 is 2.76 bits per heavy atom. The number of hydrogen-bond acceptors (Lipinski definition) is 4. The molecule has 0 aliphatic carbocycles. The summed E-state index contributed by atoms with van der Waals surface area (Å²) in [5.41, 5.74) is 0.765. The molecule has 1 amide bonds. The molecule has 1 saturated heterocycles. The van der Waals surface area contributed by atoms with Gasteiger partial charge in [-0.2, -0.15) is 0 Å². The van der Waals surface area contributed by atoms with Gasteiger partial charge in [0.25, 0.3) is 5.91 Å². The molecule has 0 N–H and O–H groups in total. The van der Waals surface area contributed by atoms with Gasteiger partial charge in [-0.3, -0.25) is 4.79 Å². The monoisotopic (exact) mass is 288 g/mol. The average Bonchev–Trinajstić information content (AvgIpc) is 3.17. The van der Waals surface area contributed by atoms with Gasteiger partial charge in [0.15, 0.2) is 0 Å². The fourth-order valence-electron chi connectivity index (χ4n) is 2.94. The topological polar surface area (TPSA) is 51.1 Å². The minimum absolute atomic E-state index is 0.0358. The van der Waals surface area contributed by atoms with E-state index in [1.54, 1.807) is 7.11 Å². The lowest BCUT2D eigenvalue weighted by Gasteiger charge is -2.26. The zero-order valence-corrected chi connectivity index (χ0v) is 12.5. The number of nitrogens with zero attached hydrogens (tertiary/aromatic N) is 2. The molecule has 1 unspecified atom stereocenters. The number of para-hydroxylation sites is 1. The number of carbonyl (C=O) groups excluding carboxylic acids is 1. The van der Waals surface area contributed by atoms with Gasteiger partial charge >= 0.3 is 0 Å². The predicted molar refractivity (Wildman–Crippen MR) is 79.5 cm³/mol. The van der Waals surface area contributed by atoms with Crippen LogP contribution in [0.25, 0.3) is 0 Å². The van der Waals surface area contributed by atoms with Crippen LogP contribution < -0.4 is 4.74 Å². The zero-order chi connectivity index (χ0) is 14.9. The molecule has 21 heavy (non-hydrogen) atoms. The molecule has 0 spiro atoms. The van der Waals surface area contributed by atoms with E-state index in [-0.39, 0.29) is 5.91 Å². The Bertz CT molecular complexity index is 579. The van der Waals surface area contributed by atoms with E-state index in [4.69, 9.17) is 9.57 Å². The van der Waals surface area contributed by atoms with Crippen molar-refractivity contribution in [2.75, 3.05) is 20.2 Å². The van der Waals surface area contributed by atoms with Gasteiger partial charge in [-0.05, 0) is 31.9 Å². The van der Waals surface area contributed by atoms with Gasteiger partial charge in [0.2, 0.25) is 5.60 Å². The molecule has 2 heterocycles. The van der Waals surface area contributed by atoms with E-state index >= 15 is 0 Å². The van der Waals surface area contributed by atoms with Crippen LogP contribution in [0.3, 0.4) is 0 Å². The smallest absolute Gasteiger partial charge is 0.269 e. The van der Waals surface area contributed by atoms with Gasteiger partial charge < -0.3 is 14.5 Å². The summed E-state index contributed by atoms with van der Waals surface area (Å²) < 4.78 is 5.35. The molecule has 112 valence electrons. The second kappa shape index (κ2) is 5.39. The maximum Gasteiger partial charge on any atom is 0.269 e. The van der Waals surface area contributed by atoms with Gasteiger partial charge in [0.1, 0.15) is 5.75 Å². The highest BCUT2D eigenvalue weighted by Gasteiger charge is 2.45. The molecule has 1 aromatic carbocycles. The van der Waals surface area contributed by atoms with E-state index in [1.807, 2.05) is 36.1 Å². The van der Waals surface area contributed by atoms with Gasteiger partial charge in [-0.1, -0.05) is 17.3 Å². The largest absolute Gasteiger partial charge is 0.496 e. The summed E-state index contributed by atoms with van der Waals surface area (Å²) in [4.78, 5) is 20.0. The molecule has 1 fully saturated rings. The third-order valence-corrected chi connectivity index (χ3v) is 4.13. The molecule has 2 aliphatic rings. The Balaban J connectivity index is 1.78. The van der Waals surface area contributed by atoms with Crippen molar-refractivity contribution in [2.24, 2.45) is 5.16 Å². The Kier molecular flexibility index (Phi) is 3.57. The highest BCUT2D eigenvalue weighted by Crippen LogP contribution is 2.32. The number of benzene rings is 1. The lowest BCUT2D eigenvalue weighted by atomic mass is 9.94. The number of likely N-dealkylation sites (tertiary alicyclic amines) is 1. The van der Waals surface area contributed by atoms with Crippen molar-refractivity contribution in [1.29, 1.82) is 0 Å². The quantitative estimate of drug-likeness (QED) is 0.856. The van der Waals surface area contributed by atoms with Crippen LogP contribution in [0.1, 0.15) is 31.7 Å². The van der Waals surface area contributed by atoms with Crippen LogP contribution in [0.5, 0.6) is 5.75 Å². The Hall–Kier alpha value is -2.04. The van der Waals surface area contributed by atoms with Crippen LogP contribution in [-0.4, -0.2) is 42.3 Å². The SMILES string of the molecule is COc1ccccc1C1=NOC(C)(C(=O)N2CCCC2)C1. The first-order chi connectivity index (χ1) is 10.1. The van der Waals surface area contributed by atoms with Crippen LogP contribution in [0.15, 0.2) is 29.4 Å². The molecule has 5 nitrogen and oxygen atoms in total. The normalized spacial score (nSPS) is 24.7. The fourth-order valence-corrected chi connectivity index (χ4v) is 2.94. The number of methoxy groups -OCH3 is 1. The number of ether oxygens (including phenoxy) is 1.